The molecule has 0 amide bonds. The fourth-order valence-electron chi connectivity index (χ4n) is 0.899. The number of carbonyl (C=O) groups is 1. The summed E-state index contributed by atoms with van der Waals surface area (Å²) in [5.41, 5.74) is 5.96. The standard InChI is InChI=1S/C9H11N3O/c10-9(11)8(6-13)12-7-4-2-1-3-5-7/h1-6,8,12H,(H3,10,11)/t8-/m1/s1. The highest BCUT2D eigenvalue weighted by atomic mass is 16.1. The summed E-state index contributed by atoms with van der Waals surface area (Å²) in [6.45, 7) is 0. The fraction of sp³-hybridized carbons (Fsp3) is 0.111. The number of carbonyl (C=O) groups excluding carboxylic acids is 1. The first-order valence-electron chi connectivity index (χ1n) is 3.85. The normalized spacial score (nSPS) is 11.7. The average molecular weight is 177 g/mol. The van der Waals surface area contributed by atoms with Gasteiger partial charge in [0, 0.05) is 5.69 Å². The number of hydrogen-bond acceptors (Lipinski definition) is 3. The molecule has 1 aromatic rings. The number of para-hydroxylation sites is 1. The van der Waals surface area contributed by atoms with Crippen LogP contribution in [0.25, 0.3) is 0 Å². The van der Waals surface area contributed by atoms with Crippen LogP contribution in [0.1, 0.15) is 0 Å². The van der Waals surface area contributed by atoms with Crippen molar-refractivity contribution >= 4 is 17.8 Å². The molecular formula is C9H11N3O. The number of nitrogens with two attached hydrogens (primary N) is 1. The lowest BCUT2D eigenvalue weighted by Gasteiger charge is -2.11. The van der Waals surface area contributed by atoms with E-state index < -0.39 is 6.04 Å². The van der Waals surface area contributed by atoms with Crippen molar-refractivity contribution in [2.24, 2.45) is 5.73 Å². The second-order valence-electron chi connectivity index (χ2n) is 2.58. The van der Waals surface area contributed by atoms with Crippen molar-refractivity contribution in [3.8, 4) is 0 Å². The summed E-state index contributed by atoms with van der Waals surface area (Å²) in [4.78, 5) is 10.5. The van der Waals surface area contributed by atoms with Gasteiger partial charge >= 0.3 is 0 Å². The minimum atomic E-state index is -0.734. The number of amidine groups is 1. The summed E-state index contributed by atoms with van der Waals surface area (Å²) >= 11 is 0. The molecule has 0 spiro atoms. The molecule has 0 saturated carbocycles. The number of anilines is 1. The molecule has 0 heterocycles. The Balaban J connectivity index is 2.67. The molecule has 4 heteroatoms. The first kappa shape index (κ1) is 9.25. The molecule has 4 nitrogen and oxygen atoms in total. The van der Waals surface area contributed by atoms with E-state index >= 15 is 0 Å². The molecule has 0 aromatic heterocycles. The highest BCUT2D eigenvalue weighted by Gasteiger charge is 2.08. The van der Waals surface area contributed by atoms with E-state index in [2.05, 4.69) is 5.32 Å². The monoisotopic (exact) mass is 177 g/mol. The summed E-state index contributed by atoms with van der Waals surface area (Å²) < 4.78 is 0. The lowest BCUT2D eigenvalue weighted by molar-refractivity contribution is -0.107. The van der Waals surface area contributed by atoms with Gasteiger partial charge in [-0.25, -0.2) is 0 Å². The minimum Gasteiger partial charge on any atom is -0.386 e. The van der Waals surface area contributed by atoms with Gasteiger partial charge < -0.3 is 15.8 Å². The maximum absolute atomic E-state index is 10.5. The second-order valence-corrected chi connectivity index (χ2v) is 2.58. The van der Waals surface area contributed by atoms with Gasteiger partial charge in [-0.05, 0) is 12.1 Å². The van der Waals surface area contributed by atoms with E-state index in [-0.39, 0.29) is 5.84 Å². The van der Waals surface area contributed by atoms with Gasteiger partial charge in [0.2, 0.25) is 0 Å². The smallest absolute Gasteiger partial charge is 0.149 e. The Bertz CT molecular complexity index is 297. The third-order valence-corrected chi connectivity index (χ3v) is 1.57. The molecule has 0 saturated heterocycles. The van der Waals surface area contributed by atoms with Crippen LogP contribution in [0, 0.1) is 5.41 Å². The minimum absolute atomic E-state index is 0.182. The van der Waals surface area contributed by atoms with Crippen molar-refractivity contribution in [2.75, 3.05) is 5.32 Å². The highest BCUT2D eigenvalue weighted by molar-refractivity contribution is 5.99. The molecule has 1 atom stereocenters. The highest BCUT2D eigenvalue weighted by Crippen LogP contribution is 2.05. The molecule has 13 heavy (non-hydrogen) atoms. The van der Waals surface area contributed by atoms with E-state index in [0.717, 1.165) is 5.69 Å². The largest absolute Gasteiger partial charge is 0.386 e. The Labute approximate surface area is 76.3 Å². The first-order chi connectivity index (χ1) is 6.24. The Hall–Kier alpha value is -1.84. The summed E-state index contributed by atoms with van der Waals surface area (Å²) in [5.74, 6) is -0.182. The van der Waals surface area contributed by atoms with Gasteiger partial charge in [-0.3, -0.25) is 5.41 Å². The van der Waals surface area contributed by atoms with Gasteiger partial charge in [-0.2, -0.15) is 0 Å². The summed E-state index contributed by atoms with van der Waals surface area (Å²) in [7, 11) is 0. The van der Waals surface area contributed by atoms with Crippen LogP contribution in [0.4, 0.5) is 5.69 Å². The van der Waals surface area contributed by atoms with Crippen molar-refractivity contribution in [2.45, 2.75) is 6.04 Å². The molecule has 4 N–H and O–H groups in total. The quantitative estimate of drug-likeness (QED) is 0.358. The van der Waals surface area contributed by atoms with E-state index in [9.17, 15) is 4.79 Å². The lowest BCUT2D eigenvalue weighted by atomic mass is 10.2. The second kappa shape index (κ2) is 4.25. The summed E-state index contributed by atoms with van der Waals surface area (Å²) in [5, 5.41) is 9.90. The van der Waals surface area contributed by atoms with Crippen LogP contribution in [-0.2, 0) is 4.79 Å². The topological polar surface area (TPSA) is 79.0 Å². The van der Waals surface area contributed by atoms with Gasteiger partial charge in [-0.1, -0.05) is 18.2 Å². The van der Waals surface area contributed by atoms with Crippen molar-refractivity contribution in [3.05, 3.63) is 30.3 Å². The number of aldehydes is 1. The van der Waals surface area contributed by atoms with E-state index in [1.165, 1.54) is 0 Å². The fourth-order valence-corrected chi connectivity index (χ4v) is 0.899. The molecule has 0 aliphatic rings. The Kier molecular flexibility index (Phi) is 3.03. The van der Waals surface area contributed by atoms with Gasteiger partial charge in [0.1, 0.15) is 18.2 Å². The molecule has 1 rings (SSSR count). The van der Waals surface area contributed by atoms with Crippen LogP contribution >= 0.6 is 0 Å². The van der Waals surface area contributed by atoms with Crippen molar-refractivity contribution in [1.29, 1.82) is 5.41 Å². The van der Waals surface area contributed by atoms with Crippen LogP contribution in [0.15, 0.2) is 30.3 Å². The Morgan fingerprint density at radius 3 is 2.54 bits per heavy atom. The summed E-state index contributed by atoms with van der Waals surface area (Å²) in [6.07, 6.45) is 0.606. The SMILES string of the molecule is N=C(N)[C@@H](C=O)Nc1ccccc1. The van der Waals surface area contributed by atoms with Crippen LogP contribution in [0.2, 0.25) is 0 Å². The number of nitrogens with one attached hydrogen (secondary N) is 2. The predicted molar refractivity (Wildman–Crippen MR) is 51.8 cm³/mol. The van der Waals surface area contributed by atoms with Gasteiger partial charge in [0.15, 0.2) is 0 Å². The Morgan fingerprint density at radius 2 is 2.08 bits per heavy atom. The van der Waals surface area contributed by atoms with Crippen molar-refractivity contribution < 1.29 is 4.79 Å². The molecule has 0 aliphatic heterocycles. The van der Waals surface area contributed by atoms with Crippen molar-refractivity contribution in [3.63, 3.8) is 0 Å². The van der Waals surface area contributed by atoms with E-state index in [1.54, 1.807) is 12.1 Å². The Morgan fingerprint density at radius 1 is 1.46 bits per heavy atom. The zero-order chi connectivity index (χ0) is 9.68. The zero-order valence-corrected chi connectivity index (χ0v) is 7.03. The van der Waals surface area contributed by atoms with Crippen LogP contribution in [0.5, 0.6) is 0 Å². The summed E-state index contributed by atoms with van der Waals surface area (Å²) in [6, 6.07) is 8.42. The average Bonchev–Trinajstić information content (AvgIpc) is 2.15. The van der Waals surface area contributed by atoms with Gasteiger partial charge in [0.05, 0.1) is 0 Å². The predicted octanol–water partition coefficient (Wildman–Crippen LogP) is 0.602. The van der Waals surface area contributed by atoms with Crippen LogP contribution in [-0.4, -0.2) is 18.2 Å². The molecule has 0 fully saturated rings. The molecule has 1 aromatic carbocycles. The van der Waals surface area contributed by atoms with E-state index in [4.69, 9.17) is 11.1 Å². The lowest BCUT2D eigenvalue weighted by Crippen LogP contribution is -2.36. The molecule has 0 radical (unpaired) electrons. The molecule has 0 unspecified atom stereocenters. The molecule has 0 aliphatic carbocycles. The van der Waals surface area contributed by atoms with Gasteiger partial charge in [0.25, 0.3) is 0 Å². The molecular weight excluding hydrogens is 166 g/mol. The van der Waals surface area contributed by atoms with Crippen molar-refractivity contribution in [1.82, 2.24) is 0 Å². The molecule has 68 valence electrons. The first-order valence-corrected chi connectivity index (χ1v) is 3.85. The van der Waals surface area contributed by atoms with E-state index in [0.29, 0.717) is 6.29 Å². The van der Waals surface area contributed by atoms with Gasteiger partial charge in [-0.15, -0.1) is 0 Å². The third kappa shape index (κ3) is 2.59. The molecule has 0 bridgehead atoms. The van der Waals surface area contributed by atoms with Crippen LogP contribution < -0.4 is 11.1 Å². The number of benzene rings is 1. The number of hydrogen-bond donors (Lipinski definition) is 3. The number of rotatable bonds is 4. The maximum Gasteiger partial charge on any atom is 0.149 e. The zero-order valence-electron chi connectivity index (χ0n) is 7.03. The maximum atomic E-state index is 10.5. The van der Waals surface area contributed by atoms with Crippen LogP contribution in [0.3, 0.4) is 0 Å². The van der Waals surface area contributed by atoms with E-state index in [1.807, 2.05) is 18.2 Å². The third-order valence-electron chi connectivity index (χ3n) is 1.57.